The molecule has 0 aromatic heterocycles. The van der Waals surface area contributed by atoms with Crippen molar-refractivity contribution < 1.29 is 28.2 Å². The summed E-state index contributed by atoms with van der Waals surface area (Å²) in [5.74, 6) is -0.473. The second-order valence-electron chi connectivity index (χ2n) is 6.40. The van der Waals surface area contributed by atoms with E-state index in [1.807, 2.05) is 0 Å². The van der Waals surface area contributed by atoms with Crippen molar-refractivity contribution in [1.29, 1.82) is 0 Å². The van der Waals surface area contributed by atoms with E-state index in [-0.39, 0.29) is 35.5 Å². The van der Waals surface area contributed by atoms with Gasteiger partial charge in [-0.25, -0.2) is 4.39 Å². The second kappa shape index (κ2) is 8.57. The smallest absolute Gasteiger partial charge is 0.229 e. The zero-order chi connectivity index (χ0) is 21.1. The van der Waals surface area contributed by atoms with Crippen molar-refractivity contribution in [2.24, 2.45) is 5.92 Å². The summed E-state index contributed by atoms with van der Waals surface area (Å²) < 4.78 is 29.1. The molecule has 154 valence electrons. The van der Waals surface area contributed by atoms with Gasteiger partial charge in [0.25, 0.3) is 0 Å². The number of methoxy groups -OCH3 is 3. The minimum Gasteiger partial charge on any atom is -0.493 e. The van der Waals surface area contributed by atoms with E-state index < -0.39 is 11.7 Å². The summed E-state index contributed by atoms with van der Waals surface area (Å²) in [5, 5.41) is 2.74. The van der Waals surface area contributed by atoms with Crippen molar-refractivity contribution in [1.82, 2.24) is 0 Å². The lowest BCUT2D eigenvalue weighted by Gasteiger charge is -2.20. The van der Waals surface area contributed by atoms with Gasteiger partial charge in [-0.2, -0.15) is 0 Å². The van der Waals surface area contributed by atoms with Gasteiger partial charge in [0.2, 0.25) is 17.6 Å². The largest absolute Gasteiger partial charge is 0.493 e. The molecule has 0 saturated carbocycles. The third-order valence-corrected chi connectivity index (χ3v) is 4.96. The fourth-order valence-corrected chi connectivity index (χ4v) is 3.40. The third-order valence-electron chi connectivity index (χ3n) is 4.65. The molecule has 2 aromatic carbocycles. The van der Waals surface area contributed by atoms with Gasteiger partial charge in [-0.3, -0.25) is 9.59 Å². The summed E-state index contributed by atoms with van der Waals surface area (Å²) in [5.41, 5.74) is 0.816. The van der Waals surface area contributed by atoms with Crippen LogP contribution in [0.3, 0.4) is 0 Å². The normalized spacial score (nSPS) is 16.0. The topological polar surface area (TPSA) is 77.1 Å². The highest BCUT2D eigenvalue weighted by Crippen LogP contribution is 2.42. The number of rotatable bonds is 6. The molecule has 29 heavy (non-hydrogen) atoms. The van der Waals surface area contributed by atoms with Crippen molar-refractivity contribution >= 4 is 34.8 Å². The highest BCUT2D eigenvalue weighted by molar-refractivity contribution is 6.33. The molecule has 1 fully saturated rings. The lowest BCUT2D eigenvalue weighted by molar-refractivity contribution is -0.122. The lowest BCUT2D eigenvalue weighted by atomic mass is 10.1. The predicted molar refractivity (Wildman–Crippen MR) is 107 cm³/mol. The standard InChI is InChI=1S/C20H20ClFN2O5/c1-27-16-8-13(9-17(28-2)19(16)29-3)24-10-11(6-18(24)25)20(26)23-15-5-4-12(22)7-14(15)21/h4-5,7-9,11H,6,10H2,1-3H3,(H,23,26). The molecule has 0 aliphatic carbocycles. The number of halogens is 2. The third kappa shape index (κ3) is 4.22. The van der Waals surface area contributed by atoms with Gasteiger partial charge < -0.3 is 24.4 Å². The Morgan fingerprint density at radius 1 is 1.14 bits per heavy atom. The highest BCUT2D eigenvalue weighted by Gasteiger charge is 2.36. The second-order valence-corrected chi connectivity index (χ2v) is 6.81. The number of benzene rings is 2. The van der Waals surface area contributed by atoms with E-state index in [1.165, 1.54) is 38.4 Å². The number of hydrogen-bond acceptors (Lipinski definition) is 5. The average Bonchev–Trinajstić information content (AvgIpc) is 3.10. The van der Waals surface area contributed by atoms with Crippen LogP contribution in [0.25, 0.3) is 0 Å². The van der Waals surface area contributed by atoms with Gasteiger partial charge in [-0.1, -0.05) is 11.6 Å². The predicted octanol–water partition coefficient (Wildman–Crippen LogP) is 3.50. The molecular weight excluding hydrogens is 403 g/mol. The first-order valence-electron chi connectivity index (χ1n) is 8.74. The van der Waals surface area contributed by atoms with E-state index >= 15 is 0 Å². The molecule has 2 aromatic rings. The minimum absolute atomic E-state index is 0.0291. The molecule has 7 nitrogen and oxygen atoms in total. The molecule has 1 saturated heterocycles. The molecule has 1 aliphatic rings. The first kappa shape index (κ1) is 20.7. The summed E-state index contributed by atoms with van der Waals surface area (Å²) >= 11 is 5.96. The van der Waals surface area contributed by atoms with E-state index in [0.717, 1.165) is 6.07 Å². The van der Waals surface area contributed by atoms with Gasteiger partial charge in [-0.15, -0.1) is 0 Å². The average molecular weight is 423 g/mol. The molecule has 1 aliphatic heterocycles. The van der Waals surface area contributed by atoms with E-state index in [4.69, 9.17) is 25.8 Å². The van der Waals surface area contributed by atoms with Crippen LogP contribution < -0.4 is 24.4 Å². The van der Waals surface area contributed by atoms with Crippen LogP contribution in [0.15, 0.2) is 30.3 Å². The van der Waals surface area contributed by atoms with E-state index in [2.05, 4.69) is 5.32 Å². The molecule has 9 heteroatoms. The maximum absolute atomic E-state index is 13.2. The Kier molecular flexibility index (Phi) is 6.12. The Hall–Kier alpha value is -3.00. The number of amides is 2. The number of hydrogen-bond donors (Lipinski definition) is 1. The van der Waals surface area contributed by atoms with Gasteiger partial charge in [-0.05, 0) is 18.2 Å². The van der Waals surface area contributed by atoms with Crippen LogP contribution in [0.5, 0.6) is 17.2 Å². The Bertz CT molecular complexity index is 927. The molecule has 3 rings (SSSR count). The van der Waals surface area contributed by atoms with Crippen LogP contribution in [-0.4, -0.2) is 39.7 Å². The Morgan fingerprint density at radius 2 is 1.79 bits per heavy atom. The SMILES string of the molecule is COc1cc(N2CC(C(=O)Nc3ccc(F)cc3Cl)CC2=O)cc(OC)c1OC. The summed E-state index contributed by atoms with van der Waals surface area (Å²) in [6.45, 7) is 0.169. The quantitative estimate of drug-likeness (QED) is 0.771. The number of carbonyl (C=O) groups is 2. The maximum Gasteiger partial charge on any atom is 0.229 e. The number of ether oxygens (including phenoxy) is 3. The van der Waals surface area contributed by atoms with Crippen LogP contribution in [0.2, 0.25) is 5.02 Å². The number of anilines is 2. The monoisotopic (exact) mass is 422 g/mol. The van der Waals surface area contributed by atoms with Crippen molar-refractivity contribution in [3.05, 3.63) is 41.2 Å². The first-order valence-corrected chi connectivity index (χ1v) is 9.12. The fraction of sp³-hybridized carbons (Fsp3) is 0.300. The van der Waals surface area contributed by atoms with E-state index in [0.29, 0.717) is 22.9 Å². The zero-order valence-corrected chi connectivity index (χ0v) is 16.9. The van der Waals surface area contributed by atoms with E-state index in [1.54, 1.807) is 12.1 Å². The summed E-state index contributed by atoms with van der Waals surface area (Å²) in [6.07, 6.45) is 0.0291. The van der Waals surface area contributed by atoms with Crippen molar-refractivity contribution in [2.45, 2.75) is 6.42 Å². The molecular formula is C20H20ClFN2O5. The minimum atomic E-state index is -0.595. The molecule has 0 radical (unpaired) electrons. The van der Waals surface area contributed by atoms with Crippen molar-refractivity contribution in [3.63, 3.8) is 0 Å². The molecule has 0 bridgehead atoms. The van der Waals surface area contributed by atoms with Gasteiger partial charge in [0.05, 0.1) is 43.6 Å². The Balaban J connectivity index is 1.80. The van der Waals surface area contributed by atoms with Gasteiger partial charge in [0.1, 0.15) is 5.82 Å². The number of nitrogens with zero attached hydrogens (tertiary/aromatic N) is 1. The molecule has 1 atom stereocenters. The van der Waals surface area contributed by atoms with Crippen LogP contribution in [0.4, 0.5) is 15.8 Å². The molecule has 0 spiro atoms. The Labute approximate surface area is 172 Å². The fourth-order valence-electron chi connectivity index (χ4n) is 3.18. The number of nitrogens with one attached hydrogen (secondary N) is 1. The highest BCUT2D eigenvalue weighted by atomic mass is 35.5. The van der Waals surface area contributed by atoms with Gasteiger partial charge >= 0.3 is 0 Å². The molecule has 2 amide bonds. The first-order chi connectivity index (χ1) is 13.9. The van der Waals surface area contributed by atoms with Gasteiger partial charge in [0.15, 0.2) is 11.5 Å². The molecule has 1 N–H and O–H groups in total. The van der Waals surface area contributed by atoms with Crippen LogP contribution >= 0.6 is 11.6 Å². The number of carbonyl (C=O) groups excluding carboxylic acids is 2. The Morgan fingerprint density at radius 3 is 2.34 bits per heavy atom. The summed E-state index contributed by atoms with van der Waals surface area (Å²) in [4.78, 5) is 26.7. The summed E-state index contributed by atoms with van der Waals surface area (Å²) in [7, 11) is 4.45. The van der Waals surface area contributed by atoms with Crippen molar-refractivity contribution in [3.8, 4) is 17.2 Å². The maximum atomic E-state index is 13.2. The van der Waals surface area contributed by atoms with Crippen LogP contribution in [-0.2, 0) is 9.59 Å². The molecule has 1 unspecified atom stereocenters. The van der Waals surface area contributed by atoms with E-state index in [9.17, 15) is 14.0 Å². The van der Waals surface area contributed by atoms with Crippen LogP contribution in [0.1, 0.15) is 6.42 Å². The zero-order valence-electron chi connectivity index (χ0n) is 16.1. The van der Waals surface area contributed by atoms with Crippen LogP contribution in [0, 0.1) is 11.7 Å². The molecule has 1 heterocycles. The summed E-state index contributed by atoms with van der Waals surface area (Å²) in [6, 6.07) is 6.98. The van der Waals surface area contributed by atoms with Gasteiger partial charge in [0, 0.05) is 25.1 Å². The lowest BCUT2D eigenvalue weighted by Crippen LogP contribution is -2.28. The van der Waals surface area contributed by atoms with Crippen molar-refractivity contribution in [2.75, 3.05) is 38.1 Å².